The molecule has 1 N–H and O–H groups in total. The normalized spacial score (nSPS) is 41.3. The van der Waals surface area contributed by atoms with Crippen LogP contribution in [0.1, 0.15) is 146 Å². The molecule has 0 radical (unpaired) electrons. The van der Waals surface area contributed by atoms with E-state index in [2.05, 4.69) is 94.5 Å². The van der Waals surface area contributed by atoms with Gasteiger partial charge >= 0.3 is 0 Å². The van der Waals surface area contributed by atoms with Crippen LogP contribution in [0.4, 0.5) is 0 Å². The third-order valence-electron chi connectivity index (χ3n) is 20.3. The topological polar surface area (TPSA) is 122 Å². The number of hydrogen-bond acceptors (Lipinski definition) is 12. The van der Waals surface area contributed by atoms with E-state index in [0.29, 0.717) is 51.0 Å². The fourth-order valence-electron chi connectivity index (χ4n) is 14.8. The Morgan fingerprint density at radius 3 is 1.96 bits per heavy atom. The molecule has 0 amide bonds. The molecule has 418 valence electrons. The quantitative estimate of drug-likeness (QED) is 0.0979. The first-order valence-electron chi connectivity index (χ1n) is 30.0. The molecule has 0 saturated carbocycles. The van der Waals surface area contributed by atoms with Gasteiger partial charge in [-0.15, -0.1) is 0 Å². The number of hydrogen-bond donors (Lipinski definition) is 1. The third-order valence-corrected chi connectivity index (χ3v) is 34.3. The molecule has 12 nitrogen and oxygen atoms in total. The smallest absolute Gasteiger partial charge is 0.192 e. The summed E-state index contributed by atoms with van der Waals surface area (Å²) >= 11 is 0. The minimum Gasteiger partial charge on any atom is -0.414 e. The summed E-state index contributed by atoms with van der Waals surface area (Å²) in [5.41, 5.74) is 2.29. The Bertz CT molecular complexity index is 1800. The number of methoxy groups -OCH3 is 1. The zero-order valence-electron chi connectivity index (χ0n) is 47.5. The second kappa shape index (κ2) is 25.2. The molecule has 1 spiro atoms. The van der Waals surface area contributed by atoms with Crippen LogP contribution in [0.2, 0.25) is 54.4 Å². The molecule has 11 unspecified atom stereocenters. The van der Waals surface area contributed by atoms with Crippen LogP contribution in [-0.2, 0) is 51.2 Å². The van der Waals surface area contributed by atoms with E-state index in [1.807, 2.05) is 7.11 Å². The first kappa shape index (κ1) is 58.5. The molecule has 19 atom stereocenters. The Hall–Kier alpha value is -0.609. The summed E-state index contributed by atoms with van der Waals surface area (Å²) in [5, 5.41) is 12.2. The Kier molecular flexibility index (Phi) is 20.2. The second-order valence-electron chi connectivity index (χ2n) is 24.0. The average Bonchev–Trinajstić information content (AvgIpc) is 4.09. The lowest BCUT2D eigenvalue weighted by Gasteiger charge is -2.47. The fraction of sp³-hybridized carbons (Fsp3) is 0.897. The molecule has 9 rings (SSSR count). The van der Waals surface area contributed by atoms with Crippen molar-refractivity contribution in [3.63, 3.8) is 0 Å². The largest absolute Gasteiger partial charge is 0.414 e. The maximum atomic E-state index is 12.2. The van der Waals surface area contributed by atoms with E-state index in [-0.39, 0.29) is 97.5 Å². The van der Waals surface area contributed by atoms with Gasteiger partial charge in [0.25, 0.3) is 0 Å². The first-order chi connectivity index (χ1) is 35.1. The van der Waals surface area contributed by atoms with Crippen molar-refractivity contribution in [1.82, 2.24) is 0 Å². The molecule has 15 heteroatoms. The summed E-state index contributed by atoms with van der Waals surface area (Å²) in [4.78, 5) is 0. The number of rotatable bonds is 19. The van der Waals surface area contributed by atoms with Gasteiger partial charge in [0.1, 0.15) is 30.5 Å². The molecule has 0 aromatic carbocycles. The molecule has 11 bridgehead atoms. The SMILES string of the molecule is C=C1C(C)CC2CC[C@@H]3OC(CC[C@@]45C[C@H]6OC7C(O4)C(O[Si](CC)(CC)CC)[C@H](C/C=C/CC(O)CC4[C@H](CC1O2)O[C@H](CC(CO[Si](CC)(CC)CC)O[Si](CC)(CC)CC)[C@@H]4OC)O[C@H]7C6O5)CC3=C. The van der Waals surface area contributed by atoms with E-state index in [4.69, 9.17) is 51.2 Å². The molecular weight excluding hydrogens is 973 g/mol. The molecule has 9 aliphatic rings. The molecule has 8 fully saturated rings. The fourth-order valence-corrected chi connectivity index (χ4v) is 23.2. The van der Waals surface area contributed by atoms with Crippen molar-refractivity contribution in [2.45, 2.75) is 304 Å². The van der Waals surface area contributed by atoms with Gasteiger partial charge in [0.05, 0.1) is 73.8 Å². The van der Waals surface area contributed by atoms with E-state index < -0.39 is 36.8 Å². The van der Waals surface area contributed by atoms with Gasteiger partial charge in [-0.2, -0.15) is 0 Å². The summed E-state index contributed by atoms with van der Waals surface area (Å²) in [6, 6.07) is 9.57. The van der Waals surface area contributed by atoms with Gasteiger partial charge in [-0.3, -0.25) is 0 Å². The van der Waals surface area contributed by atoms with Crippen molar-refractivity contribution >= 4 is 25.0 Å². The molecule has 8 saturated heterocycles. The van der Waals surface area contributed by atoms with Crippen LogP contribution in [0.15, 0.2) is 36.5 Å². The van der Waals surface area contributed by atoms with Crippen LogP contribution in [0.5, 0.6) is 0 Å². The highest BCUT2D eigenvalue weighted by Gasteiger charge is 2.68. The van der Waals surface area contributed by atoms with Crippen molar-refractivity contribution in [3.05, 3.63) is 36.5 Å². The monoisotopic (exact) mass is 1070 g/mol. The molecule has 0 aliphatic carbocycles. The van der Waals surface area contributed by atoms with Gasteiger partial charge in [-0.05, 0) is 123 Å². The lowest BCUT2D eigenvalue weighted by molar-refractivity contribution is -0.271. The highest BCUT2D eigenvalue weighted by Crippen LogP contribution is 2.54. The molecule has 9 aliphatic heterocycles. The number of fused-ring (bicyclic) bond motifs is 6. The lowest BCUT2D eigenvalue weighted by atomic mass is 9.81. The summed E-state index contributed by atoms with van der Waals surface area (Å²) in [6.45, 7) is 32.8. The zero-order valence-corrected chi connectivity index (χ0v) is 50.5. The van der Waals surface area contributed by atoms with Crippen LogP contribution in [-0.4, -0.2) is 147 Å². The number of aliphatic hydroxyl groups excluding tert-OH is 1. The minimum absolute atomic E-state index is 0.0190. The predicted molar refractivity (Wildman–Crippen MR) is 295 cm³/mol. The van der Waals surface area contributed by atoms with E-state index in [9.17, 15) is 5.11 Å². The van der Waals surface area contributed by atoms with Crippen molar-refractivity contribution in [3.8, 4) is 0 Å². The van der Waals surface area contributed by atoms with Crippen molar-refractivity contribution in [2.24, 2.45) is 11.8 Å². The van der Waals surface area contributed by atoms with Crippen LogP contribution in [0.25, 0.3) is 0 Å². The van der Waals surface area contributed by atoms with E-state index in [1.165, 1.54) is 0 Å². The van der Waals surface area contributed by atoms with Gasteiger partial charge < -0.3 is 56.3 Å². The van der Waals surface area contributed by atoms with Gasteiger partial charge in [0.2, 0.25) is 0 Å². The number of ether oxygens (including phenoxy) is 8. The van der Waals surface area contributed by atoms with Crippen LogP contribution >= 0.6 is 0 Å². The van der Waals surface area contributed by atoms with Crippen molar-refractivity contribution in [1.29, 1.82) is 0 Å². The van der Waals surface area contributed by atoms with E-state index in [0.717, 1.165) is 104 Å². The van der Waals surface area contributed by atoms with Crippen molar-refractivity contribution in [2.75, 3.05) is 13.7 Å². The van der Waals surface area contributed by atoms with Crippen LogP contribution in [0, 0.1) is 11.8 Å². The van der Waals surface area contributed by atoms with Gasteiger partial charge in [-0.1, -0.05) is 94.5 Å². The van der Waals surface area contributed by atoms with Gasteiger partial charge in [-0.25, -0.2) is 0 Å². The summed E-state index contributed by atoms with van der Waals surface area (Å²) < 4.78 is 78.1. The molecule has 9 heterocycles. The molecule has 0 aromatic rings. The molecule has 0 aromatic heterocycles. The standard InChI is InChI=1S/C58H102O12Si3/c1-14-71(15-2,16-3)61-37-44(69-72(17-4,18-5)19-6)34-50-52(60-13)45-33-41(59)25-23-24-26-47-54(70-73(20-7,21-8)22-9)57-56-55(65-47)53-51(66-56)36-58(67-53,68-57)30-29-43-32-39(11)46(62-43)28-27-42-31-38(10)40(12)48(63-42)35-49(45)64-50/h23-24,38,41-57,59H,11-12,14-22,25-37H2,1-10,13H3/b24-23+/t38?,41?,42?,43?,44?,45?,46-,47-,48?,49-,50+,51+,52+,53?,54?,55-,56?,57?,58-/m0/s1. The van der Waals surface area contributed by atoms with Gasteiger partial charge in [0, 0.05) is 38.7 Å². The maximum absolute atomic E-state index is 12.2. The van der Waals surface area contributed by atoms with E-state index in [1.54, 1.807) is 0 Å². The highest BCUT2D eigenvalue weighted by atomic mass is 28.4. The lowest BCUT2D eigenvalue weighted by Crippen LogP contribution is -2.62. The Balaban J connectivity index is 1.08. The molecular formula is C58H102O12Si3. The Morgan fingerprint density at radius 2 is 1.29 bits per heavy atom. The summed E-state index contributed by atoms with van der Waals surface area (Å²) in [7, 11) is -4.21. The highest BCUT2D eigenvalue weighted by molar-refractivity contribution is 6.74. The van der Waals surface area contributed by atoms with Crippen LogP contribution in [0.3, 0.4) is 0 Å². The third kappa shape index (κ3) is 12.6. The van der Waals surface area contributed by atoms with Gasteiger partial charge in [0.15, 0.2) is 30.7 Å². The van der Waals surface area contributed by atoms with Crippen LogP contribution < -0.4 is 0 Å². The Morgan fingerprint density at radius 1 is 0.658 bits per heavy atom. The average molecular weight is 1080 g/mol. The molecule has 73 heavy (non-hydrogen) atoms. The van der Waals surface area contributed by atoms with Crippen molar-refractivity contribution < 1.29 is 56.3 Å². The maximum Gasteiger partial charge on any atom is 0.192 e. The minimum atomic E-state index is -2.12. The predicted octanol–water partition coefficient (Wildman–Crippen LogP) is 12.1. The number of aliphatic hydroxyl groups is 1. The second-order valence-corrected chi connectivity index (χ2v) is 38.2. The first-order valence-corrected chi connectivity index (χ1v) is 37.5. The van der Waals surface area contributed by atoms with E-state index >= 15 is 0 Å². The zero-order chi connectivity index (χ0) is 52.3. The summed E-state index contributed by atoms with van der Waals surface area (Å²) in [6.07, 6.45) is 10.1. The Labute approximate surface area is 445 Å². The summed E-state index contributed by atoms with van der Waals surface area (Å²) in [5.74, 6) is -0.551.